The van der Waals surface area contributed by atoms with E-state index < -0.39 is 21.7 Å². The fraction of sp³-hybridized carbons (Fsp3) is 0.222. The second-order valence-corrected chi connectivity index (χ2v) is 8.32. The number of rotatable bonds is 6. The molecule has 0 saturated heterocycles. The van der Waals surface area contributed by atoms with E-state index in [1.807, 2.05) is 37.3 Å². The number of nitrogens with zero attached hydrogens (tertiary/aromatic N) is 1. The third-order valence-electron chi connectivity index (χ3n) is 4.12. The highest BCUT2D eigenvalue weighted by atomic mass is 32.2. The normalized spacial score (nSPS) is 14.6. The Kier molecular flexibility index (Phi) is 5.36. The van der Waals surface area contributed by atoms with Crippen LogP contribution in [0.15, 0.2) is 48.7 Å². The zero-order chi connectivity index (χ0) is 18.7. The van der Waals surface area contributed by atoms with Crippen LogP contribution in [-0.2, 0) is 27.0 Å². The number of hydrogen-bond acceptors (Lipinski definition) is 4. The molecule has 0 aliphatic carbocycles. The number of hydrogen-bond donors (Lipinski definition) is 3. The molecule has 3 aromatic rings. The lowest BCUT2D eigenvalue weighted by Gasteiger charge is -2.28. The molecule has 6 nitrogen and oxygen atoms in total. The van der Waals surface area contributed by atoms with Crippen molar-refractivity contribution < 1.29 is 13.6 Å². The van der Waals surface area contributed by atoms with Gasteiger partial charge in [0.05, 0.1) is 10.7 Å². The Morgan fingerprint density at radius 3 is 2.54 bits per heavy atom. The first-order chi connectivity index (χ1) is 12.4. The summed E-state index contributed by atoms with van der Waals surface area (Å²) in [6.07, 6.45) is 1.72. The maximum Gasteiger partial charge on any atom is 0.252 e. The van der Waals surface area contributed by atoms with E-state index in [1.54, 1.807) is 25.3 Å². The Balaban J connectivity index is 2.05. The van der Waals surface area contributed by atoms with Gasteiger partial charge in [-0.3, -0.25) is 4.79 Å². The van der Waals surface area contributed by atoms with Crippen LogP contribution in [0.5, 0.6) is 0 Å². The number of aromatic amines is 1. The molecule has 0 fully saturated rings. The average Bonchev–Trinajstić information content (AvgIpc) is 3.23. The summed E-state index contributed by atoms with van der Waals surface area (Å²) < 4.78 is 21.0. The molecule has 0 saturated carbocycles. The van der Waals surface area contributed by atoms with Crippen molar-refractivity contribution in [1.29, 1.82) is 0 Å². The van der Waals surface area contributed by atoms with Crippen molar-refractivity contribution in [2.75, 3.05) is 5.32 Å². The molecule has 0 spiro atoms. The minimum Gasteiger partial charge on any atom is -0.363 e. The lowest BCUT2D eigenvalue weighted by atomic mass is 9.94. The molecule has 26 heavy (non-hydrogen) atoms. The minimum absolute atomic E-state index is 0.0835. The minimum atomic E-state index is -2.45. The zero-order valence-electron chi connectivity index (χ0n) is 14.4. The van der Waals surface area contributed by atoms with E-state index in [2.05, 4.69) is 15.3 Å². The number of aromatic nitrogens is 2. The number of H-pyrrole nitrogens is 1. The van der Waals surface area contributed by atoms with Crippen LogP contribution in [0.4, 0.5) is 5.00 Å². The van der Waals surface area contributed by atoms with Gasteiger partial charge >= 0.3 is 0 Å². The maximum atomic E-state index is 13.2. The summed E-state index contributed by atoms with van der Waals surface area (Å²) in [5.41, 5.74) is 1.86. The molecular formula is C18H19N3O3S2. The third kappa shape index (κ3) is 3.48. The Labute approximate surface area is 158 Å². The number of carbonyl (C=O) groups is 1. The van der Waals surface area contributed by atoms with Gasteiger partial charge in [-0.15, -0.1) is 11.3 Å². The molecule has 0 radical (unpaired) electrons. The van der Waals surface area contributed by atoms with Gasteiger partial charge in [0.15, 0.2) is 15.8 Å². The monoisotopic (exact) mass is 389 g/mol. The Morgan fingerprint density at radius 1 is 1.27 bits per heavy atom. The van der Waals surface area contributed by atoms with Crippen molar-refractivity contribution in [2.45, 2.75) is 25.0 Å². The highest BCUT2D eigenvalue weighted by molar-refractivity contribution is 7.81. The van der Waals surface area contributed by atoms with Gasteiger partial charge in [-0.05, 0) is 31.5 Å². The Morgan fingerprint density at radius 2 is 2.00 bits per heavy atom. The van der Waals surface area contributed by atoms with Crippen molar-refractivity contribution in [1.82, 2.24) is 9.97 Å². The van der Waals surface area contributed by atoms with Gasteiger partial charge in [0.2, 0.25) is 0 Å². The van der Waals surface area contributed by atoms with Gasteiger partial charge in [-0.1, -0.05) is 30.3 Å². The molecule has 0 aliphatic heterocycles. The molecular weight excluding hydrogens is 370 g/mol. The van der Waals surface area contributed by atoms with Gasteiger partial charge in [0.25, 0.3) is 5.91 Å². The van der Waals surface area contributed by atoms with E-state index in [1.165, 1.54) is 11.3 Å². The Hall–Kier alpha value is -2.29. The molecule has 136 valence electrons. The quantitative estimate of drug-likeness (QED) is 0.563. The largest absolute Gasteiger partial charge is 0.363 e. The second-order valence-electron chi connectivity index (χ2n) is 5.92. The molecule has 2 aromatic heterocycles. The van der Waals surface area contributed by atoms with Crippen molar-refractivity contribution in [3.05, 3.63) is 70.6 Å². The second kappa shape index (κ2) is 7.53. The van der Waals surface area contributed by atoms with Crippen LogP contribution in [0.3, 0.4) is 0 Å². The predicted octanol–water partition coefficient (Wildman–Crippen LogP) is 3.39. The van der Waals surface area contributed by atoms with Crippen LogP contribution in [-0.4, -0.2) is 24.6 Å². The highest BCUT2D eigenvalue weighted by Crippen LogP contribution is 2.34. The first kappa shape index (κ1) is 18.5. The number of thiazole rings is 1. The van der Waals surface area contributed by atoms with Crippen molar-refractivity contribution >= 4 is 33.3 Å². The van der Waals surface area contributed by atoms with Crippen molar-refractivity contribution in [2.24, 2.45) is 0 Å². The average molecular weight is 390 g/mol. The summed E-state index contributed by atoms with van der Waals surface area (Å²) in [4.78, 5) is 20.5. The summed E-state index contributed by atoms with van der Waals surface area (Å²) in [5.74, 6) is -0.545. The first-order valence-electron chi connectivity index (χ1n) is 7.97. The smallest absolute Gasteiger partial charge is 0.252 e. The van der Waals surface area contributed by atoms with Crippen LogP contribution < -0.4 is 5.32 Å². The molecule has 0 aliphatic rings. The van der Waals surface area contributed by atoms with Crippen molar-refractivity contribution in [3.8, 4) is 0 Å². The van der Waals surface area contributed by atoms with E-state index in [0.29, 0.717) is 16.4 Å². The zero-order valence-corrected chi connectivity index (χ0v) is 16.0. The van der Waals surface area contributed by atoms with Crippen LogP contribution >= 0.6 is 11.3 Å². The SMILES string of the molecule is Cc1nc(C)c(NC(=O)C(Cc2ccccc2)(c2ccc[nH]2)S(=O)O)s1. The Bertz CT molecular complexity index is 923. The van der Waals surface area contributed by atoms with E-state index in [9.17, 15) is 13.6 Å². The van der Waals surface area contributed by atoms with Crippen LogP contribution in [0.2, 0.25) is 0 Å². The maximum absolute atomic E-state index is 13.2. The van der Waals surface area contributed by atoms with Crippen LogP contribution in [0.1, 0.15) is 22.0 Å². The molecule has 3 N–H and O–H groups in total. The van der Waals surface area contributed by atoms with E-state index in [0.717, 1.165) is 10.6 Å². The summed E-state index contributed by atoms with van der Waals surface area (Å²) in [5, 5.41) is 4.21. The number of benzene rings is 1. The lowest BCUT2D eigenvalue weighted by Crippen LogP contribution is -2.46. The molecule has 1 amide bonds. The lowest BCUT2D eigenvalue weighted by molar-refractivity contribution is -0.119. The number of anilines is 1. The summed E-state index contributed by atoms with van der Waals surface area (Å²) in [6, 6.07) is 12.6. The molecule has 0 bridgehead atoms. The fourth-order valence-electron chi connectivity index (χ4n) is 2.85. The van der Waals surface area contributed by atoms with Gasteiger partial charge < -0.3 is 14.9 Å². The van der Waals surface area contributed by atoms with E-state index in [-0.39, 0.29) is 6.42 Å². The number of nitrogens with one attached hydrogen (secondary N) is 2. The molecule has 8 heteroatoms. The predicted molar refractivity (Wildman–Crippen MR) is 104 cm³/mol. The third-order valence-corrected chi connectivity index (χ3v) is 6.26. The fourth-order valence-corrected chi connectivity index (χ4v) is 4.48. The molecule has 2 heterocycles. The molecule has 2 unspecified atom stereocenters. The topological polar surface area (TPSA) is 95.1 Å². The van der Waals surface area contributed by atoms with E-state index >= 15 is 0 Å². The summed E-state index contributed by atoms with van der Waals surface area (Å²) in [7, 11) is 0. The first-order valence-corrected chi connectivity index (χ1v) is 9.90. The van der Waals surface area contributed by atoms with Gasteiger partial charge in [0.1, 0.15) is 5.00 Å². The molecule has 1 aromatic carbocycles. The van der Waals surface area contributed by atoms with Gasteiger partial charge in [-0.25, -0.2) is 9.19 Å². The van der Waals surface area contributed by atoms with Crippen LogP contribution in [0, 0.1) is 13.8 Å². The van der Waals surface area contributed by atoms with Gasteiger partial charge in [-0.2, -0.15) is 0 Å². The standard InChI is InChI=1S/C18H19N3O3S2/c1-12-16(25-13(2)20-12)21-17(22)18(26(23)24,15-9-6-10-19-15)11-14-7-4-3-5-8-14/h3-10,19H,11H2,1-2H3,(H,21,22)(H,23,24). The summed E-state index contributed by atoms with van der Waals surface area (Å²) in [6.45, 7) is 3.64. The summed E-state index contributed by atoms with van der Waals surface area (Å²) >= 11 is -1.11. The molecule has 2 atom stereocenters. The number of amides is 1. The van der Waals surface area contributed by atoms with E-state index in [4.69, 9.17) is 0 Å². The van der Waals surface area contributed by atoms with Gasteiger partial charge in [0, 0.05) is 18.3 Å². The number of aryl methyl sites for hydroxylation is 2. The number of carbonyl (C=O) groups excluding carboxylic acids is 1. The highest BCUT2D eigenvalue weighted by Gasteiger charge is 2.48. The molecule has 3 rings (SSSR count). The van der Waals surface area contributed by atoms with Crippen molar-refractivity contribution in [3.63, 3.8) is 0 Å². The van der Waals surface area contributed by atoms with Crippen LogP contribution in [0.25, 0.3) is 0 Å².